The molecule has 2 heterocycles. The second-order valence-electron chi connectivity index (χ2n) is 4.71. The maximum Gasteiger partial charge on any atom is 0.127 e. The Labute approximate surface area is 118 Å². The van der Waals surface area contributed by atoms with E-state index >= 15 is 0 Å². The molecule has 3 N–H and O–H groups in total. The summed E-state index contributed by atoms with van der Waals surface area (Å²) < 4.78 is 7.38. The van der Waals surface area contributed by atoms with Gasteiger partial charge >= 0.3 is 0 Å². The molecule has 19 heavy (non-hydrogen) atoms. The molecule has 1 aliphatic heterocycles. The summed E-state index contributed by atoms with van der Waals surface area (Å²) in [5, 5.41) is 12.6. The molecule has 0 spiro atoms. The molecule has 106 valence electrons. The summed E-state index contributed by atoms with van der Waals surface area (Å²) in [6, 6.07) is 0. The van der Waals surface area contributed by atoms with Gasteiger partial charge in [0.15, 0.2) is 0 Å². The molecule has 1 saturated heterocycles. The number of hydrogen-bond acceptors (Lipinski definition) is 4. The summed E-state index contributed by atoms with van der Waals surface area (Å²) in [5.41, 5.74) is 7.38. The number of aryl methyl sites for hydroxylation is 2. The van der Waals surface area contributed by atoms with Crippen molar-refractivity contribution in [2.75, 3.05) is 19.7 Å². The zero-order valence-electron chi connectivity index (χ0n) is 11.3. The van der Waals surface area contributed by atoms with Crippen molar-refractivity contribution in [3.63, 3.8) is 0 Å². The fourth-order valence-electron chi connectivity index (χ4n) is 2.27. The van der Waals surface area contributed by atoms with E-state index in [2.05, 4.69) is 10.00 Å². The number of hydrogen-bond donors (Lipinski definition) is 2. The van der Waals surface area contributed by atoms with Gasteiger partial charge in [-0.1, -0.05) is 11.6 Å². The monoisotopic (exact) mass is 285 g/mol. The first-order valence-electron chi connectivity index (χ1n) is 6.42. The SMILES string of the molecule is CCn1nc(C)c(Cl)c1CN1CCOC(C(=N)N)C1. The van der Waals surface area contributed by atoms with Crippen molar-refractivity contribution in [1.82, 2.24) is 14.7 Å². The topological polar surface area (TPSA) is 80.2 Å². The van der Waals surface area contributed by atoms with Crippen molar-refractivity contribution in [1.29, 1.82) is 5.41 Å². The van der Waals surface area contributed by atoms with E-state index in [1.54, 1.807) is 0 Å². The van der Waals surface area contributed by atoms with Gasteiger partial charge in [0.25, 0.3) is 0 Å². The summed E-state index contributed by atoms with van der Waals surface area (Å²) in [5.74, 6) is 0.0796. The molecular weight excluding hydrogens is 266 g/mol. The summed E-state index contributed by atoms with van der Waals surface area (Å²) >= 11 is 6.30. The van der Waals surface area contributed by atoms with Crippen LogP contribution < -0.4 is 5.73 Å². The van der Waals surface area contributed by atoms with Crippen LogP contribution in [0.15, 0.2) is 0 Å². The number of aromatic nitrogens is 2. The number of rotatable bonds is 4. The predicted octanol–water partition coefficient (Wildman–Crippen LogP) is 1.00. The Kier molecular flexibility index (Phi) is 4.44. The number of morpholine rings is 1. The van der Waals surface area contributed by atoms with Gasteiger partial charge in [0, 0.05) is 26.2 Å². The molecule has 1 aliphatic rings. The van der Waals surface area contributed by atoms with Gasteiger partial charge in [0.2, 0.25) is 0 Å². The minimum absolute atomic E-state index is 0.0796. The molecule has 6 nitrogen and oxygen atoms in total. The van der Waals surface area contributed by atoms with Crippen LogP contribution in [0.25, 0.3) is 0 Å². The van der Waals surface area contributed by atoms with Crippen LogP contribution in [0, 0.1) is 12.3 Å². The first kappa shape index (κ1) is 14.3. The van der Waals surface area contributed by atoms with E-state index in [-0.39, 0.29) is 11.9 Å². The third-order valence-corrected chi connectivity index (χ3v) is 3.82. The van der Waals surface area contributed by atoms with Gasteiger partial charge in [-0.2, -0.15) is 5.10 Å². The van der Waals surface area contributed by atoms with Crippen molar-refractivity contribution in [2.45, 2.75) is 33.0 Å². The molecule has 0 aliphatic carbocycles. The maximum absolute atomic E-state index is 7.47. The average Bonchev–Trinajstić information content (AvgIpc) is 2.67. The van der Waals surface area contributed by atoms with E-state index in [9.17, 15) is 0 Å². The van der Waals surface area contributed by atoms with Gasteiger partial charge in [-0.05, 0) is 13.8 Å². The second-order valence-corrected chi connectivity index (χ2v) is 5.09. The van der Waals surface area contributed by atoms with Gasteiger partial charge in [-0.25, -0.2) is 0 Å². The molecule has 2 rings (SSSR count). The third kappa shape index (κ3) is 3.08. The lowest BCUT2D eigenvalue weighted by molar-refractivity contribution is 0.00146. The van der Waals surface area contributed by atoms with Crippen LogP contribution in [0.2, 0.25) is 5.02 Å². The standard InChI is InChI=1S/C12H20ClN5O/c1-3-18-9(11(13)8(2)16-18)6-17-4-5-19-10(7-17)12(14)15/h10H,3-7H2,1-2H3,(H3,14,15). The average molecular weight is 286 g/mol. The highest BCUT2D eigenvalue weighted by Crippen LogP contribution is 2.22. The molecule has 0 aromatic carbocycles. The normalized spacial score (nSPS) is 20.7. The van der Waals surface area contributed by atoms with Crippen molar-refractivity contribution < 1.29 is 4.74 Å². The van der Waals surface area contributed by atoms with Crippen molar-refractivity contribution in [2.24, 2.45) is 5.73 Å². The van der Waals surface area contributed by atoms with Crippen LogP contribution in [0.4, 0.5) is 0 Å². The lowest BCUT2D eigenvalue weighted by atomic mass is 10.2. The van der Waals surface area contributed by atoms with Crippen LogP contribution in [0.1, 0.15) is 18.3 Å². The minimum atomic E-state index is -0.313. The fraction of sp³-hybridized carbons (Fsp3) is 0.667. The fourth-order valence-corrected chi connectivity index (χ4v) is 2.46. The molecule has 1 atom stereocenters. The number of nitrogens with zero attached hydrogens (tertiary/aromatic N) is 3. The Morgan fingerprint density at radius 2 is 2.37 bits per heavy atom. The van der Waals surface area contributed by atoms with Crippen LogP contribution in [0.5, 0.6) is 0 Å². The number of nitrogens with one attached hydrogen (secondary N) is 1. The summed E-state index contributed by atoms with van der Waals surface area (Å²) in [6.45, 7) is 7.48. The molecule has 0 radical (unpaired) electrons. The lowest BCUT2D eigenvalue weighted by Crippen LogP contribution is -2.47. The van der Waals surface area contributed by atoms with Crippen LogP contribution in [-0.2, 0) is 17.8 Å². The minimum Gasteiger partial charge on any atom is -0.385 e. The van der Waals surface area contributed by atoms with Crippen molar-refractivity contribution >= 4 is 17.4 Å². The zero-order chi connectivity index (χ0) is 14.0. The smallest absolute Gasteiger partial charge is 0.127 e. The second kappa shape index (κ2) is 5.90. The molecule has 1 unspecified atom stereocenters. The molecular formula is C12H20ClN5O. The highest BCUT2D eigenvalue weighted by Gasteiger charge is 2.24. The Balaban J connectivity index is 2.10. The summed E-state index contributed by atoms with van der Waals surface area (Å²) in [6.07, 6.45) is -0.313. The molecule has 0 saturated carbocycles. The van der Waals surface area contributed by atoms with Crippen LogP contribution >= 0.6 is 11.6 Å². The summed E-state index contributed by atoms with van der Waals surface area (Å²) in [4.78, 5) is 2.20. The van der Waals surface area contributed by atoms with E-state index in [1.165, 1.54) is 0 Å². The highest BCUT2D eigenvalue weighted by atomic mass is 35.5. The number of ether oxygens (including phenoxy) is 1. The van der Waals surface area contributed by atoms with E-state index < -0.39 is 0 Å². The molecule has 1 aromatic rings. The zero-order valence-corrected chi connectivity index (χ0v) is 12.1. The van der Waals surface area contributed by atoms with Gasteiger partial charge in [-0.3, -0.25) is 15.0 Å². The van der Waals surface area contributed by atoms with Gasteiger partial charge in [0.1, 0.15) is 11.9 Å². The Morgan fingerprint density at radius 3 is 3.00 bits per heavy atom. The number of halogens is 1. The van der Waals surface area contributed by atoms with E-state index in [4.69, 9.17) is 27.5 Å². The Morgan fingerprint density at radius 1 is 1.63 bits per heavy atom. The summed E-state index contributed by atoms with van der Waals surface area (Å²) in [7, 11) is 0. The highest BCUT2D eigenvalue weighted by molar-refractivity contribution is 6.31. The first-order valence-corrected chi connectivity index (χ1v) is 6.80. The quantitative estimate of drug-likeness (QED) is 0.639. The van der Waals surface area contributed by atoms with Gasteiger partial charge < -0.3 is 10.5 Å². The maximum atomic E-state index is 7.47. The van der Waals surface area contributed by atoms with Crippen LogP contribution in [-0.4, -0.2) is 46.3 Å². The van der Waals surface area contributed by atoms with Gasteiger partial charge in [-0.15, -0.1) is 0 Å². The predicted molar refractivity (Wildman–Crippen MR) is 74.6 cm³/mol. The third-order valence-electron chi connectivity index (χ3n) is 3.32. The number of amidine groups is 1. The van der Waals surface area contributed by atoms with Crippen molar-refractivity contribution in [3.8, 4) is 0 Å². The largest absolute Gasteiger partial charge is 0.385 e. The molecule has 0 amide bonds. The molecule has 7 heteroatoms. The Bertz CT molecular complexity index is 473. The molecule has 1 fully saturated rings. The van der Waals surface area contributed by atoms with E-state index in [0.717, 1.165) is 29.5 Å². The Hall–Kier alpha value is -1.11. The molecule has 0 bridgehead atoms. The van der Waals surface area contributed by atoms with Gasteiger partial charge in [0.05, 0.1) is 23.0 Å². The molecule has 1 aromatic heterocycles. The van der Waals surface area contributed by atoms with Crippen molar-refractivity contribution in [3.05, 3.63) is 16.4 Å². The van der Waals surface area contributed by atoms with E-state index in [0.29, 0.717) is 19.7 Å². The van der Waals surface area contributed by atoms with Crippen LogP contribution in [0.3, 0.4) is 0 Å². The number of nitrogens with two attached hydrogens (primary N) is 1. The first-order chi connectivity index (χ1) is 9.02. The lowest BCUT2D eigenvalue weighted by Gasteiger charge is -2.32. The van der Waals surface area contributed by atoms with E-state index in [1.807, 2.05) is 18.5 Å².